The van der Waals surface area contributed by atoms with Gasteiger partial charge in [0, 0.05) is 0 Å². The second kappa shape index (κ2) is 9.93. The van der Waals surface area contributed by atoms with E-state index >= 15 is 0 Å². The Kier molecular flexibility index (Phi) is 7.28. The number of phenolic OH excluding ortho intramolecular Hbond substituents is 1. The summed E-state index contributed by atoms with van der Waals surface area (Å²) in [6.07, 6.45) is 12.6. The monoisotopic (exact) mass is 516 g/mol. The number of allylic oxidation sites excluding steroid dienone is 1. The van der Waals surface area contributed by atoms with Crippen LogP contribution in [0.5, 0.6) is 5.75 Å². The number of rotatable bonds is 5. The first-order chi connectivity index (χ1) is 17.5. The van der Waals surface area contributed by atoms with Crippen molar-refractivity contribution in [1.29, 1.82) is 0 Å². The third-order valence-corrected chi connectivity index (χ3v) is 12.0. The Bertz CT molecular complexity index is 1000. The topological polar surface area (TPSA) is 60.7 Å². The van der Waals surface area contributed by atoms with Gasteiger partial charge in [-0.2, -0.15) is 0 Å². The van der Waals surface area contributed by atoms with Crippen molar-refractivity contribution < 1.29 is 24.1 Å². The molecule has 5 rings (SSSR count). The summed E-state index contributed by atoms with van der Waals surface area (Å²) in [6, 6.07) is 2.33. The van der Waals surface area contributed by atoms with Gasteiger partial charge in [-0.1, -0.05) is 46.3 Å². The van der Waals surface area contributed by atoms with Crippen LogP contribution in [0.1, 0.15) is 91.0 Å². The van der Waals surface area contributed by atoms with E-state index in [0.717, 1.165) is 32.1 Å². The maximum absolute atomic E-state index is 13.7. The predicted molar refractivity (Wildman–Crippen MR) is 143 cm³/mol. The van der Waals surface area contributed by atoms with Crippen molar-refractivity contribution >= 4 is 6.08 Å². The standard InChI is InChI=1S/C32H46F2O3/c1-5-21-25-17-20(35)11-13-32(25,4)24-12-14-31(3)22(9-10-23(31)28(24)29(21)36)18(2)7-6-8-19-15-26(33)30(37)27(34)16-19/h6,8,15-16,18,20-25,28-29,35-37H,5,7,9-14,17H2,1-4H3/b8-6+/t18-,20-,21-,22-,23+,24+,25?,28?,29-,31?,32?/m1/s1. The zero-order chi connectivity index (χ0) is 26.7. The van der Waals surface area contributed by atoms with Gasteiger partial charge in [0.15, 0.2) is 17.4 Å². The van der Waals surface area contributed by atoms with E-state index in [2.05, 4.69) is 27.7 Å². The lowest BCUT2D eigenvalue weighted by atomic mass is 9.41. The van der Waals surface area contributed by atoms with Gasteiger partial charge in [0.05, 0.1) is 12.2 Å². The van der Waals surface area contributed by atoms with Crippen molar-refractivity contribution in [3.05, 3.63) is 35.4 Å². The summed E-state index contributed by atoms with van der Waals surface area (Å²) < 4.78 is 27.4. The first-order valence-corrected chi connectivity index (χ1v) is 14.7. The molecule has 3 N–H and O–H groups in total. The molecule has 0 radical (unpaired) electrons. The molecule has 4 unspecified atom stereocenters. The molecule has 4 aliphatic carbocycles. The van der Waals surface area contributed by atoms with Gasteiger partial charge >= 0.3 is 0 Å². The Morgan fingerprint density at radius 2 is 1.62 bits per heavy atom. The summed E-state index contributed by atoms with van der Waals surface area (Å²) in [5.74, 6) is 0.290. The fourth-order valence-corrected chi connectivity index (χ4v) is 10.2. The van der Waals surface area contributed by atoms with E-state index in [1.165, 1.54) is 37.8 Å². The number of phenols is 1. The van der Waals surface area contributed by atoms with E-state index in [9.17, 15) is 24.1 Å². The Morgan fingerprint density at radius 3 is 2.30 bits per heavy atom. The zero-order valence-corrected chi connectivity index (χ0v) is 23.0. The number of halogens is 2. The third-order valence-electron chi connectivity index (χ3n) is 12.0. The van der Waals surface area contributed by atoms with Crippen LogP contribution in [0.2, 0.25) is 0 Å². The molecule has 37 heavy (non-hydrogen) atoms. The number of hydrogen-bond donors (Lipinski definition) is 3. The van der Waals surface area contributed by atoms with Gasteiger partial charge in [-0.3, -0.25) is 0 Å². The minimum Gasteiger partial charge on any atom is -0.503 e. The fraction of sp³-hybridized carbons (Fsp3) is 0.750. The zero-order valence-electron chi connectivity index (χ0n) is 23.0. The molecule has 3 nitrogen and oxygen atoms in total. The van der Waals surface area contributed by atoms with E-state index in [0.29, 0.717) is 41.1 Å². The van der Waals surface area contributed by atoms with Gasteiger partial charge < -0.3 is 15.3 Å². The number of aliphatic hydroxyl groups is 2. The summed E-state index contributed by atoms with van der Waals surface area (Å²) in [6.45, 7) is 9.48. The quantitative estimate of drug-likeness (QED) is 0.384. The summed E-state index contributed by atoms with van der Waals surface area (Å²) in [7, 11) is 0. The number of hydrogen-bond acceptors (Lipinski definition) is 3. The van der Waals surface area contributed by atoms with E-state index in [1.54, 1.807) is 6.08 Å². The minimum absolute atomic E-state index is 0.196. The lowest BCUT2D eigenvalue weighted by Gasteiger charge is -2.64. The van der Waals surface area contributed by atoms with E-state index in [4.69, 9.17) is 0 Å². The molecule has 11 atom stereocenters. The highest BCUT2D eigenvalue weighted by molar-refractivity contribution is 5.51. The summed E-state index contributed by atoms with van der Waals surface area (Å²) in [5.41, 5.74) is 0.834. The summed E-state index contributed by atoms with van der Waals surface area (Å²) in [5, 5.41) is 31.7. The van der Waals surface area contributed by atoms with Crippen LogP contribution in [0.25, 0.3) is 6.08 Å². The van der Waals surface area contributed by atoms with Crippen molar-refractivity contribution in [2.75, 3.05) is 0 Å². The largest absolute Gasteiger partial charge is 0.503 e. The number of benzene rings is 1. The molecule has 4 saturated carbocycles. The smallest absolute Gasteiger partial charge is 0.187 e. The van der Waals surface area contributed by atoms with Crippen LogP contribution in [-0.4, -0.2) is 27.5 Å². The Balaban J connectivity index is 1.34. The molecule has 0 spiro atoms. The van der Waals surface area contributed by atoms with Gasteiger partial charge in [-0.15, -0.1) is 0 Å². The molecule has 0 bridgehead atoms. The number of fused-ring (bicyclic) bond motifs is 5. The molecule has 0 aliphatic heterocycles. The highest BCUT2D eigenvalue weighted by atomic mass is 19.1. The van der Waals surface area contributed by atoms with Crippen molar-refractivity contribution in [3.8, 4) is 5.75 Å². The first-order valence-electron chi connectivity index (χ1n) is 14.7. The summed E-state index contributed by atoms with van der Waals surface area (Å²) in [4.78, 5) is 0. The number of aromatic hydroxyl groups is 1. The molecule has 206 valence electrons. The first kappa shape index (κ1) is 27.1. The third kappa shape index (κ3) is 4.36. The van der Waals surface area contributed by atoms with Crippen LogP contribution >= 0.6 is 0 Å². The van der Waals surface area contributed by atoms with E-state index < -0.39 is 17.4 Å². The molecule has 0 amide bonds. The van der Waals surface area contributed by atoms with Crippen LogP contribution in [-0.2, 0) is 0 Å². The van der Waals surface area contributed by atoms with Crippen molar-refractivity contribution in [1.82, 2.24) is 0 Å². The second-order valence-corrected chi connectivity index (χ2v) is 13.6. The van der Waals surface area contributed by atoms with Gasteiger partial charge in [0.2, 0.25) is 0 Å². The van der Waals surface area contributed by atoms with Gasteiger partial charge in [-0.05, 0) is 121 Å². The molecule has 5 heteroatoms. The average molecular weight is 517 g/mol. The molecule has 0 saturated heterocycles. The molecule has 0 heterocycles. The maximum atomic E-state index is 13.7. The fourth-order valence-electron chi connectivity index (χ4n) is 10.2. The van der Waals surface area contributed by atoms with E-state index in [1.807, 2.05) is 6.08 Å². The minimum atomic E-state index is -0.935. The number of aliphatic hydroxyl groups excluding tert-OH is 2. The Hall–Kier alpha value is -1.46. The Morgan fingerprint density at radius 1 is 0.973 bits per heavy atom. The maximum Gasteiger partial charge on any atom is 0.187 e. The molecular formula is C32H46F2O3. The normalized spacial score (nSPS) is 44.3. The molecule has 0 aromatic heterocycles. The van der Waals surface area contributed by atoms with Crippen LogP contribution in [0.3, 0.4) is 0 Å². The van der Waals surface area contributed by atoms with Crippen molar-refractivity contribution in [3.63, 3.8) is 0 Å². The molecule has 1 aromatic rings. The molecule has 1 aromatic carbocycles. The van der Waals surface area contributed by atoms with Crippen LogP contribution in [0.15, 0.2) is 18.2 Å². The van der Waals surface area contributed by atoms with Crippen molar-refractivity contribution in [2.24, 2.45) is 52.3 Å². The van der Waals surface area contributed by atoms with Crippen LogP contribution in [0.4, 0.5) is 8.78 Å². The average Bonchev–Trinajstić information content (AvgIpc) is 3.21. The summed E-state index contributed by atoms with van der Waals surface area (Å²) >= 11 is 0. The molecular weight excluding hydrogens is 470 g/mol. The highest BCUT2D eigenvalue weighted by Crippen LogP contribution is 2.69. The van der Waals surface area contributed by atoms with Gasteiger partial charge in [0.1, 0.15) is 0 Å². The van der Waals surface area contributed by atoms with Crippen LogP contribution in [0, 0.1) is 63.9 Å². The molecule has 4 aliphatic rings. The lowest BCUT2D eigenvalue weighted by Crippen LogP contribution is -2.62. The van der Waals surface area contributed by atoms with Crippen molar-refractivity contribution in [2.45, 2.75) is 97.7 Å². The van der Waals surface area contributed by atoms with E-state index in [-0.39, 0.29) is 29.0 Å². The van der Waals surface area contributed by atoms with Gasteiger partial charge in [-0.25, -0.2) is 8.78 Å². The van der Waals surface area contributed by atoms with Gasteiger partial charge in [0.25, 0.3) is 0 Å². The predicted octanol–water partition coefficient (Wildman–Crippen LogP) is 7.34. The Labute approximate surface area is 221 Å². The van der Waals surface area contributed by atoms with Crippen LogP contribution < -0.4 is 0 Å². The lowest BCUT2D eigenvalue weighted by molar-refractivity contribution is -0.203. The second-order valence-electron chi connectivity index (χ2n) is 13.6. The molecule has 4 fully saturated rings. The SMILES string of the molecule is CC[C@@H]1C2C[C@H](O)CCC2(C)[C@H]2CCC3(C)[C@@H]([C@H](C)C/C=C/c4cc(F)c(O)c(F)c4)CC[C@H]3C2[C@@H]1O. The highest BCUT2D eigenvalue weighted by Gasteiger charge is 2.64.